The molecule has 0 radical (unpaired) electrons. The minimum atomic E-state index is -0.699. The second-order valence-corrected chi connectivity index (χ2v) is 5.09. The van der Waals surface area contributed by atoms with Crippen LogP contribution in [0.4, 0.5) is 0 Å². The number of allylic oxidation sites excluding steroid dienone is 1. The molecule has 6 heteroatoms. The van der Waals surface area contributed by atoms with E-state index in [2.05, 4.69) is 0 Å². The molecule has 0 fully saturated rings. The van der Waals surface area contributed by atoms with Crippen LogP contribution in [0.2, 0.25) is 5.02 Å². The average molecular weight is 345 g/mol. The zero-order chi connectivity index (χ0) is 17.5. The Hall–Kier alpha value is -2.92. The number of halogens is 1. The second-order valence-electron chi connectivity index (χ2n) is 4.66. The first kappa shape index (κ1) is 17.4. The van der Waals surface area contributed by atoms with Gasteiger partial charge in [0.1, 0.15) is 23.3 Å². The van der Waals surface area contributed by atoms with E-state index in [-0.39, 0.29) is 17.1 Å². The Labute approximate surface area is 143 Å². The fourth-order valence-corrected chi connectivity index (χ4v) is 2.10. The highest BCUT2D eigenvalue weighted by molar-refractivity contribution is 6.30. The lowest BCUT2D eigenvalue weighted by Gasteiger charge is -2.10. The van der Waals surface area contributed by atoms with E-state index in [1.807, 2.05) is 0 Å². The molecule has 2 aromatic carbocycles. The van der Waals surface area contributed by atoms with Crippen LogP contribution in [-0.2, 0) is 9.59 Å². The van der Waals surface area contributed by atoms with E-state index >= 15 is 0 Å². The van der Waals surface area contributed by atoms with Crippen molar-refractivity contribution in [3.63, 3.8) is 0 Å². The molecule has 122 valence electrons. The second kappa shape index (κ2) is 8.08. The van der Waals surface area contributed by atoms with Crippen LogP contribution < -0.4 is 9.47 Å². The number of aldehydes is 1. The van der Waals surface area contributed by atoms with Crippen molar-refractivity contribution in [1.29, 1.82) is 0 Å². The van der Waals surface area contributed by atoms with Crippen molar-refractivity contribution >= 4 is 35.9 Å². The van der Waals surface area contributed by atoms with Crippen LogP contribution in [-0.4, -0.2) is 18.2 Å². The van der Waals surface area contributed by atoms with E-state index in [9.17, 15) is 14.4 Å². The average Bonchev–Trinajstić information content (AvgIpc) is 2.55. The van der Waals surface area contributed by atoms with Gasteiger partial charge in [0.05, 0.1) is 0 Å². The zero-order valence-corrected chi connectivity index (χ0v) is 13.4. The molecule has 0 heterocycles. The summed E-state index contributed by atoms with van der Waals surface area (Å²) < 4.78 is 10.3. The molecule has 2 aromatic rings. The minimum Gasteiger partial charge on any atom is -0.426 e. The number of hydrogen-bond donors (Lipinski definition) is 0. The third-order valence-corrected chi connectivity index (χ3v) is 3.12. The lowest BCUT2D eigenvalue weighted by atomic mass is 10.1. The van der Waals surface area contributed by atoms with E-state index in [4.69, 9.17) is 21.1 Å². The van der Waals surface area contributed by atoms with Gasteiger partial charge in [-0.1, -0.05) is 23.7 Å². The summed E-state index contributed by atoms with van der Waals surface area (Å²) in [6.45, 7) is 1.24. The van der Waals surface area contributed by atoms with E-state index in [1.165, 1.54) is 37.3 Å². The molecule has 0 aromatic heterocycles. The smallest absolute Gasteiger partial charge is 0.347 e. The molecule has 0 unspecified atom stereocenters. The van der Waals surface area contributed by atoms with Crippen LogP contribution in [0.1, 0.15) is 22.8 Å². The Balaban J connectivity index is 2.32. The van der Waals surface area contributed by atoms with Crippen LogP contribution in [0.3, 0.4) is 0 Å². The number of carbonyl (C=O) groups excluding carboxylic acids is 3. The largest absolute Gasteiger partial charge is 0.426 e. The molecule has 0 atom stereocenters. The van der Waals surface area contributed by atoms with E-state index in [0.717, 1.165) is 0 Å². The molecule has 0 spiro atoms. The van der Waals surface area contributed by atoms with Crippen molar-refractivity contribution in [1.82, 2.24) is 0 Å². The van der Waals surface area contributed by atoms with Crippen molar-refractivity contribution in [2.75, 3.05) is 0 Å². The predicted molar refractivity (Wildman–Crippen MR) is 89.3 cm³/mol. The molecule has 0 aliphatic heterocycles. The Morgan fingerprint density at radius 2 is 1.79 bits per heavy atom. The third-order valence-electron chi connectivity index (χ3n) is 2.89. The van der Waals surface area contributed by atoms with Crippen molar-refractivity contribution in [2.45, 2.75) is 6.92 Å². The van der Waals surface area contributed by atoms with Gasteiger partial charge in [-0.15, -0.1) is 0 Å². The van der Waals surface area contributed by atoms with Crippen molar-refractivity contribution in [3.8, 4) is 11.5 Å². The van der Waals surface area contributed by atoms with Gasteiger partial charge in [-0.2, -0.15) is 0 Å². The van der Waals surface area contributed by atoms with Crippen molar-refractivity contribution in [3.05, 3.63) is 64.7 Å². The SMILES string of the molecule is CC(=O)Oc1ccccc1C(=O)Oc1ccc(Cl)cc1/C=C/C=O. The number of para-hydroxylation sites is 1. The Kier molecular flexibility index (Phi) is 5.87. The van der Waals surface area contributed by atoms with Crippen LogP contribution in [0.15, 0.2) is 48.5 Å². The topological polar surface area (TPSA) is 69.7 Å². The first-order valence-corrected chi connectivity index (χ1v) is 7.30. The summed E-state index contributed by atoms with van der Waals surface area (Å²) in [7, 11) is 0. The number of hydrogen-bond acceptors (Lipinski definition) is 5. The monoisotopic (exact) mass is 344 g/mol. The fraction of sp³-hybridized carbons (Fsp3) is 0.0556. The van der Waals surface area contributed by atoms with Crippen LogP contribution in [0.5, 0.6) is 11.5 Å². The summed E-state index contributed by atoms with van der Waals surface area (Å²) in [5, 5.41) is 0.431. The third kappa shape index (κ3) is 4.54. The van der Waals surface area contributed by atoms with Gasteiger partial charge >= 0.3 is 11.9 Å². The Morgan fingerprint density at radius 1 is 1.04 bits per heavy atom. The zero-order valence-electron chi connectivity index (χ0n) is 12.7. The van der Waals surface area contributed by atoms with Gasteiger partial charge in [-0.05, 0) is 42.5 Å². The summed E-state index contributed by atoms with van der Waals surface area (Å²) in [5.41, 5.74) is 0.570. The number of carbonyl (C=O) groups is 3. The molecule has 0 N–H and O–H groups in total. The molecule has 0 saturated carbocycles. The standard InChI is InChI=1S/C18H13ClO5/c1-12(21)23-17-7-3-2-6-15(17)18(22)24-16-9-8-14(19)11-13(16)5-4-10-20/h2-11H,1H3/b5-4+. The van der Waals surface area contributed by atoms with Gasteiger partial charge in [0, 0.05) is 17.5 Å². The maximum absolute atomic E-state index is 12.4. The van der Waals surface area contributed by atoms with Gasteiger partial charge in [0.2, 0.25) is 0 Å². The highest BCUT2D eigenvalue weighted by Gasteiger charge is 2.17. The molecule has 0 bridgehead atoms. The lowest BCUT2D eigenvalue weighted by molar-refractivity contribution is -0.131. The molecule has 0 amide bonds. The predicted octanol–water partition coefficient (Wildman–Crippen LogP) is 3.70. The quantitative estimate of drug-likeness (QED) is 0.358. The lowest BCUT2D eigenvalue weighted by Crippen LogP contribution is -2.13. The van der Waals surface area contributed by atoms with Crippen LogP contribution >= 0.6 is 11.6 Å². The number of esters is 2. The van der Waals surface area contributed by atoms with E-state index in [0.29, 0.717) is 16.9 Å². The maximum atomic E-state index is 12.4. The molecule has 0 saturated heterocycles. The summed E-state index contributed by atoms with van der Waals surface area (Å²) in [4.78, 5) is 34.0. The summed E-state index contributed by atoms with van der Waals surface area (Å²) in [6.07, 6.45) is 3.33. The van der Waals surface area contributed by atoms with Gasteiger partial charge in [-0.3, -0.25) is 9.59 Å². The van der Waals surface area contributed by atoms with Crippen molar-refractivity contribution in [2.24, 2.45) is 0 Å². The molecule has 2 rings (SSSR count). The van der Waals surface area contributed by atoms with Crippen molar-refractivity contribution < 1.29 is 23.9 Å². The van der Waals surface area contributed by atoms with E-state index in [1.54, 1.807) is 24.3 Å². The molecule has 5 nitrogen and oxygen atoms in total. The molecular weight excluding hydrogens is 332 g/mol. The highest BCUT2D eigenvalue weighted by Crippen LogP contribution is 2.27. The van der Waals surface area contributed by atoms with Crippen LogP contribution in [0.25, 0.3) is 6.08 Å². The fourth-order valence-electron chi connectivity index (χ4n) is 1.92. The van der Waals surface area contributed by atoms with Crippen LogP contribution in [0, 0.1) is 0 Å². The number of ether oxygens (including phenoxy) is 2. The number of rotatable bonds is 5. The highest BCUT2D eigenvalue weighted by atomic mass is 35.5. The van der Waals surface area contributed by atoms with Gasteiger partial charge < -0.3 is 9.47 Å². The Bertz CT molecular complexity index is 811. The van der Waals surface area contributed by atoms with Gasteiger partial charge in [0.25, 0.3) is 0 Å². The molecule has 0 aliphatic carbocycles. The number of benzene rings is 2. The van der Waals surface area contributed by atoms with Gasteiger partial charge in [0.15, 0.2) is 0 Å². The normalized spacial score (nSPS) is 10.4. The first-order chi connectivity index (χ1) is 11.5. The minimum absolute atomic E-state index is 0.105. The molecule has 0 aliphatic rings. The van der Waals surface area contributed by atoms with Gasteiger partial charge in [-0.25, -0.2) is 4.79 Å². The first-order valence-electron chi connectivity index (χ1n) is 6.92. The maximum Gasteiger partial charge on any atom is 0.347 e. The summed E-state index contributed by atoms with van der Waals surface area (Å²) in [6, 6.07) is 10.9. The molecular formula is C18H13ClO5. The summed E-state index contributed by atoms with van der Waals surface area (Å²) >= 11 is 5.91. The Morgan fingerprint density at radius 3 is 2.50 bits per heavy atom. The van der Waals surface area contributed by atoms with E-state index < -0.39 is 11.9 Å². The molecule has 24 heavy (non-hydrogen) atoms. The summed E-state index contributed by atoms with van der Waals surface area (Å²) in [5.74, 6) is -0.916.